The van der Waals surface area contributed by atoms with Crippen LogP contribution in [0.25, 0.3) is 0 Å². The molecule has 8 heteroatoms. The summed E-state index contributed by atoms with van der Waals surface area (Å²) in [7, 11) is -3.76. The molecule has 0 saturated heterocycles. The number of fused-ring (bicyclic) bond motifs is 2. The topological polar surface area (TPSA) is 66.9 Å². The molecule has 0 saturated carbocycles. The van der Waals surface area contributed by atoms with Crippen molar-refractivity contribution in [1.29, 1.82) is 0 Å². The van der Waals surface area contributed by atoms with Gasteiger partial charge in [-0.25, -0.2) is 8.42 Å². The first-order valence-electron chi connectivity index (χ1n) is 10.8. The predicted octanol–water partition coefficient (Wildman–Crippen LogP) is 4.45. The van der Waals surface area contributed by atoms with Gasteiger partial charge in [-0.2, -0.15) is 0 Å². The molecule has 3 aromatic rings. The van der Waals surface area contributed by atoms with Gasteiger partial charge in [-0.3, -0.25) is 9.10 Å². The Hall–Kier alpha value is -3.03. The number of carbonyl (C=O) groups excluding carboxylic acids is 1. The molecule has 2 heterocycles. The number of benzene rings is 3. The zero-order valence-electron chi connectivity index (χ0n) is 18.1. The van der Waals surface area contributed by atoms with Gasteiger partial charge >= 0.3 is 0 Å². The SMILES string of the molecule is C[C@H]1Cc2ccccc2N1C(=O)COc1ccc(S(=O)(=O)N2CCc3ccccc32)cc1Cl. The quantitative estimate of drug-likeness (QED) is 0.539. The van der Waals surface area contributed by atoms with E-state index in [0.717, 1.165) is 23.2 Å². The van der Waals surface area contributed by atoms with Crippen molar-refractivity contribution < 1.29 is 17.9 Å². The fourth-order valence-electron chi connectivity index (χ4n) is 4.60. The maximum absolute atomic E-state index is 13.2. The van der Waals surface area contributed by atoms with Gasteiger partial charge in [0.15, 0.2) is 6.61 Å². The van der Waals surface area contributed by atoms with E-state index in [-0.39, 0.29) is 34.2 Å². The van der Waals surface area contributed by atoms with Crippen LogP contribution in [-0.4, -0.2) is 33.5 Å². The standard InChI is InChI=1S/C25H23ClN2O4S/c1-17-14-19-7-3-5-9-23(19)28(17)25(29)16-32-24-11-10-20(15-21(24)26)33(30,31)27-13-12-18-6-2-4-8-22(18)27/h2-11,15,17H,12-14,16H2,1H3/t17-/m0/s1. The van der Waals surface area contributed by atoms with Gasteiger partial charge in [0, 0.05) is 18.3 Å². The van der Waals surface area contributed by atoms with Crippen LogP contribution in [0.3, 0.4) is 0 Å². The summed E-state index contributed by atoms with van der Waals surface area (Å²) in [4.78, 5) is 14.7. The Kier molecular flexibility index (Phi) is 5.54. The van der Waals surface area contributed by atoms with Crippen LogP contribution in [0.4, 0.5) is 11.4 Å². The van der Waals surface area contributed by atoms with Gasteiger partial charge in [-0.15, -0.1) is 0 Å². The minimum Gasteiger partial charge on any atom is -0.482 e. The molecule has 170 valence electrons. The van der Waals surface area contributed by atoms with E-state index >= 15 is 0 Å². The van der Waals surface area contributed by atoms with Gasteiger partial charge in [-0.1, -0.05) is 48.0 Å². The zero-order chi connectivity index (χ0) is 23.2. The van der Waals surface area contributed by atoms with Crippen molar-refractivity contribution in [2.75, 3.05) is 22.4 Å². The summed E-state index contributed by atoms with van der Waals surface area (Å²) in [5, 5.41) is 0.145. The lowest BCUT2D eigenvalue weighted by atomic mass is 10.1. The van der Waals surface area contributed by atoms with E-state index in [1.807, 2.05) is 55.5 Å². The molecule has 2 aliphatic rings. The molecule has 0 N–H and O–H groups in total. The minimum atomic E-state index is -3.76. The first kappa shape index (κ1) is 21.8. The molecule has 3 aromatic carbocycles. The second kappa shape index (κ2) is 8.39. The highest BCUT2D eigenvalue weighted by atomic mass is 35.5. The molecular weight excluding hydrogens is 460 g/mol. The molecule has 0 fully saturated rings. The summed E-state index contributed by atoms with van der Waals surface area (Å²) in [5.41, 5.74) is 3.73. The van der Waals surface area contributed by atoms with Crippen molar-refractivity contribution in [3.05, 3.63) is 82.9 Å². The third kappa shape index (κ3) is 3.85. The Morgan fingerprint density at radius 2 is 1.73 bits per heavy atom. The molecule has 2 aliphatic heterocycles. The lowest BCUT2D eigenvalue weighted by Gasteiger charge is -2.23. The highest BCUT2D eigenvalue weighted by molar-refractivity contribution is 7.92. The van der Waals surface area contributed by atoms with E-state index in [4.69, 9.17) is 16.3 Å². The monoisotopic (exact) mass is 482 g/mol. The molecule has 0 bridgehead atoms. The Labute approximate surface area is 198 Å². The Morgan fingerprint density at radius 3 is 2.48 bits per heavy atom. The third-order valence-electron chi connectivity index (χ3n) is 6.16. The minimum absolute atomic E-state index is 0.0461. The molecule has 0 spiro atoms. The van der Waals surface area contributed by atoms with E-state index in [1.165, 1.54) is 22.5 Å². The van der Waals surface area contributed by atoms with Crippen molar-refractivity contribution in [2.45, 2.75) is 30.7 Å². The number of halogens is 1. The van der Waals surface area contributed by atoms with Crippen molar-refractivity contribution in [1.82, 2.24) is 0 Å². The van der Waals surface area contributed by atoms with Crippen LogP contribution in [-0.2, 0) is 27.7 Å². The molecule has 0 unspecified atom stereocenters. The van der Waals surface area contributed by atoms with E-state index in [9.17, 15) is 13.2 Å². The molecule has 0 aromatic heterocycles. The summed E-state index contributed by atoms with van der Waals surface area (Å²) in [6.45, 7) is 2.20. The highest BCUT2D eigenvalue weighted by Gasteiger charge is 2.32. The average Bonchev–Trinajstić information content (AvgIpc) is 3.38. The molecule has 6 nitrogen and oxygen atoms in total. The maximum atomic E-state index is 13.2. The van der Waals surface area contributed by atoms with Crippen LogP contribution < -0.4 is 13.9 Å². The van der Waals surface area contributed by atoms with E-state index in [0.29, 0.717) is 18.7 Å². The number of para-hydroxylation sites is 2. The number of ether oxygens (including phenoxy) is 1. The van der Waals surface area contributed by atoms with Gasteiger partial charge in [0.25, 0.3) is 15.9 Å². The fraction of sp³-hybridized carbons (Fsp3) is 0.240. The summed E-state index contributed by atoms with van der Waals surface area (Å²) in [6.07, 6.45) is 1.47. The lowest BCUT2D eigenvalue weighted by Crippen LogP contribution is -2.39. The largest absolute Gasteiger partial charge is 0.482 e. The van der Waals surface area contributed by atoms with Crippen LogP contribution in [0.1, 0.15) is 18.1 Å². The number of sulfonamides is 1. The Balaban J connectivity index is 1.31. The molecule has 1 atom stereocenters. The van der Waals surface area contributed by atoms with Gasteiger partial charge in [0.2, 0.25) is 0 Å². The molecule has 0 radical (unpaired) electrons. The van der Waals surface area contributed by atoms with Crippen LogP contribution >= 0.6 is 11.6 Å². The van der Waals surface area contributed by atoms with Gasteiger partial charge in [0.05, 0.1) is 15.6 Å². The summed E-state index contributed by atoms with van der Waals surface area (Å²) < 4.78 is 33.5. The second-order valence-electron chi connectivity index (χ2n) is 8.28. The number of rotatable bonds is 5. The summed E-state index contributed by atoms with van der Waals surface area (Å²) >= 11 is 6.36. The zero-order valence-corrected chi connectivity index (χ0v) is 19.6. The normalized spacial score (nSPS) is 17.1. The molecule has 33 heavy (non-hydrogen) atoms. The Morgan fingerprint density at radius 1 is 1.03 bits per heavy atom. The summed E-state index contributed by atoms with van der Waals surface area (Å²) in [5.74, 6) is 0.0970. The lowest BCUT2D eigenvalue weighted by molar-refractivity contribution is -0.120. The van der Waals surface area contributed by atoms with Crippen LogP contribution in [0.5, 0.6) is 5.75 Å². The number of amides is 1. The number of hydrogen-bond acceptors (Lipinski definition) is 4. The third-order valence-corrected chi connectivity index (χ3v) is 8.27. The van der Waals surface area contributed by atoms with Gasteiger partial charge in [0.1, 0.15) is 5.75 Å². The first-order valence-corrected chi connectivity index (χ1v) is 12.6. The summed E-state index contributed by atoms with van der Waals surface area (Å²) in [6, 6.07) is 19.7. The molecular formula is C25H23ClN2O4S. The fourth-order valence-corrected chi connectivity index (χ4v) is 6.43. The molecule has 5 rings (SSSR count). The smallest absolute Gasteiger partial charge is 0.265 e. The number of hydrogen-bond donors (Lipinski definition) is 0. The van der Waals surface area contributed by atoms with Crippen molar-refractivity contribution in [3.8, 4) is 5.75 Å². The first-order chi connectivity index (χ1) is 15.9. The number of anilines is 2. The second-order valence-corrected chi connectivity index (χ2v) is 10.6. The van der Waals surface area contributed by atoms with E-state index < -0.39 is 10.0 Å². The number of carbonyl (C=O) groups is 1. The van der Waals surface area contributed by atoms with E-state index in [2.05, 4.69) is 0 Å². The predicted molar refractivity (Wildman–Crippen MR) is 129 cm³/mol. The molecule has 0 aliphatic carbocycles. The highest BCUT2D eigenvalue weighted by Crippen LogP contribution is 2.35. The van der Waals surface area contributed by atoms with Gasteiger partial charge < -0.3 is 9.64 Å². The van der Waals surface area contributed by atoms with Crippen LogP contribution in [0.15, 0.2) is 71.6 Å². The Bertz CT molecular complexity index is 1340. The maximum Gasteiger partial charge on any atom is 0.265 e. The van der Waals surface area contributed by atoms with Gasteiger partial charge in [-0.05, 0) is 61.2 Å². The van der Waals surface area contributed by atoms with Crippen molar-refractivity contribution >= 4 is 38.9 Å². The molecule has 1 amide bonds. The van der Waals surface area contributed by atoms with Crippen molar-refractivity contribution in [3.63, 3.8) is 0 Å². The van der Waals surface area contributed by atoms with Crippen LogP contribution in [0.2, 0.25) is 5.02 Å². The number of nitrogens with zero attached hydrogens (tertiary/aromatic N) is 2. The van der Waals surface area contributed by atoms with Crippen molar-refractivity contribution in [2.24, 2.45) is 0 Å². The van der Waals surface area contributed by atoms with Crippen LogP contribution in [0, 0.1) is 0 Å². The average molecular weight is 483 g/mol. The van der Waals surface area contributed by atoms with E-state index in [1.54, 1.807) is 4.90 Å².